The first-order chi connectivity index (χ1) is 7.22. The van der Waals surface area contributed by atoms with Crippen LogP contribution < -0.4 is 5.32 Å². The molecule has 3 heteroatoms. The van der Waals surface area contributed by atoms with E-state index in [2.05, 4.69) is 19.2 Å². The largest absolute Gasteiger partial charge is 0.389 e. The highest BCUT2D eigenvalue weighted by Gasteiger charge is 2.21. The summed E-state index contributed by atoms with van der Waals surface area (Å²) in [7, 11) is 0. The van der Waals surface area contributed by atoms with E-state index in [0.29, 0.717) is 19.1 Å². The second-order valence-corrected chi connectivity index (χ2v) is 4.81. The Kier molecular flexibility index (Phi) is 6.22. The molecule has 15 heavy (non-hydrogen) atoms. The van der Waals surface area contributed by atoms with Gasteiger partial charge in [-0.15, -0.1) is 0 Å². The summed E-state index contributed by atoms with van der Waals surface area (Å²) in [6.45, 7) is 7.34. The summed E-state index contributed by atoms with van der Waals surface area (Å²) in [5.74, 6) is 1.47. The van der Waals surface area contributed by atoms with Crippen LogP contribution in [0.3, 0.4) is 0 Å². The van der Waals surface area contributed by atoms with E-state index in [9.17, 15) is 5.11 Å². The summed E-state index contributed by atoms with van der Waals surface area (Å²) < 4.78 is 5.41. The number of ether oxygens (including phenoxy) is 1. The molecule has 90 valence electrons. The zero-order valence-corrected chi connectivity index (χ0v) is 10.0. The van der Waals surface area contributed by atoms with Crippen LogP contribution in [-0.4, -0.2) is 37.5 Å². The van der Waals surface area contributed by atoms with Crippen LogP contribution in [0.2, 0.25) is 0 Å². The monoisotopic (exact) mass is 215 g/mol. The van der Waals surface area contributed by atoms with Gasteiger partial charge in [0.2, 0.25) is 0 Å². The molecule has 0 aromatic carbocycles. The first-order valence-corrected chi connectivity index (χ1v) is 6.18. The number of hydrogen-bond acceptors (Lipinski definition) is 3. The normalized spacial score (nSPS) is 20.2. The lowest BCUT2D eigenvalue weighted by Gasteiger charge is -2.14. The van der Waals surface area contributed by atoms with Crippen LogP contribution >= 0.6 is 0 Å². The molecule has 0 aliphatic heterocycles. The Balaban J connectivity index is 1.85. The van der Waals surface area contributed by atoms with Gasteiger partial charge < -0.3 is 15.2 Å². The van der Waals surface area contributed by atoms with E-state index in [4.69, 9.17) is 4.74 Å². The maximum atomic E-state index is 9.58. The molecule has 0 heterocycles. The number of rotatable bonds is 9. The predicted octanol–water partition coefficient (Wildman–Crippen LogP) is 1.41. The average molecular weight is 215 g/mol. The van der Waals surface area contributed by atoms with Crippen LogP contribution in [0.1, 0.15) is 33.1 Å². The fourth-order valence-electron chi connectivity index (χ4n) is 1.35. The third kappa shape index (κ3) is 6.88. The summed E-state index contributed by atoms with van der Waals surface area (Å²) >= 11 is 0. The smallest absolute Gasteiger partial charge is 0.0897 e. The lowest BCUT2D eigenvalue weighted by atomic mass is 10.1. The van der Waals surface area contributed by atoms with Crippen molar-refractivity contribution < 1.29 is 9.84 Å². The third-order valence-electron chi connectivity index (χ3n) is 2.93. The Bertz CT molecular complexity index is 160. The molecule has 2 N–H and O–H groups in total. The van der Waals surface area contributed by atoms with Crippen molar-refractivity contribution in [3.8, 4) is 0 Å². The van der Waals surface area contributed by atoms with Crippen LogP contribution in [0, 0.1) is 11.8 Å². The summed E-state index contributed by atoms with van der Waals surface area (Å²) in [5.41, 5.74) is 0. The summed E-state index contributed by atoms with van der Waals surface area (Å²) in [6, 6.07) is 0. The molecule has 0 spiro atoms. The molecular weight excluding hydrogens is 190 g/mol. The second kappa shape index (κ2) is 7.20. The van der Waals surface area contributed by atoms with E-state index in [0.717, 1.165) is 19.1 Å². The van der Waals surface area contributed by atoms with E-state index in [1.54, 1.807) is 0 Å². The number of hydrogen-bond donors (Lipinski definition) is 2. The van der Waals surface area contributed by atoms with Gasteiger partial charge in [0.25, 0.3) is 0 Å². The maximum Gasteiger partial charge on any atom is 0.0897 e. The van der Waals surface area contributed by atoms with Crippen LogP contribution in [0.5, 0.6) is 0 Å². The quantitative estimate of drug-likeness (QED) is 0.611. The van der Waals surface area contributed by atoms with Crippen molar-refractivity contribution in [1.82, 2.24) is 5.32 Å². The summed E-state index contributed by atoms with van der Waals surface area (Å²) in [5, 5.41) is 12.8. The maximum absolute atomic E-state index is 9.58. The van der Waals surface area contributed by atoms with Gasteiger partial charge in [-0.3, -0.25) is 0 Å². The fourth-order valence-corrected chi connectivity index (χ4v) is 1.35. The van der Waals surface area contributed by atoms with Crippen molar-refractivity contribution in [2.45, 2.75) is 39.2 Å². The van der Waals surface area contributed by atoms with Crippen molar-refractivity contribution in [3.05, 3.63) is 0 Å². The molecule has 0 bridgehead atoms. The molecule has 0 radical (unpaired) electrons. The minimum absolute atomic E-state index is 0.354. The summed E-state index contributed by atoms with van der Waals surface area (Å²) in [4.78, 5) is 0. The highest BCUT2D eigenvalue weighted by molar-refractivity contribution is 4.72. The van der Waals surface area contributed by atoms with E-state index in [1.165, 1.54) is 19.3 Å². The zero-order chi connectivity index (χ0) is 11.1. The third-order valence-corrected chi connectivity index (χ3v) is 2.93. The minimum Gasteiger partial charge on any atom is -0.389 e. The van der Waals surface area contributed by atoms with Crippen LogP contribution in [0.15, 0.2) is 0 Å². The topological polar surface area (TPSA) is 41.5 Å². The van der Waals surface area contributed by atoms with Gasteiger partial charge in [-0.2, -0.15) is 0 Å². The molecule has 2 atom stereocenters. The number of aliphatic hydroxyl groups excluding tert-OH is 1. The molecule has 1 rings (SSSR count). The van der Waals surface area contributed by atoms with Crippen molar-refractivity contribution >= 4 is 0 Å². The molecule has 1 saturated carbocycles. The van der Waals surface area contributed by atoms with Crippen molar-refractivity contribution in [2.75, 3.05) is 26.3 Å². The number of nitrogens with one attached hydrogen (secondary N) is 1. The molecule has 0 saturated heterocycles. The van der Waals surface area contributed by atoms with Gasteiger partial charge in [0.1, 0.15) is 0 Å². The summed E-state index contributed by atoms with van der Waals surface area (Å²) in [6.07, 6.45) is 3.44. The lowest BCUT2D eigenvalue weighted by molar-refractivity contribution is 0.0322. The molecule has 0 aromatic heterocycles. The van der Waals surface area contributed by atoms with E-state index < -0.39 is 0 Å². The molecule has 3 nitrogen and oxygen atoms in total. The van der Waals surface area contributed by atoms with Gasteiger partial charge in [0.05, 0.1) is 12.7 Å². The second-order valence-electron chi connectivity index (χ2n) is 4.81. The van der Waals surface area contributed by atoms with Gasteiger partial charge in [-0.1, -0.05) is 20.3 Å². The van der Waals surface area contributed by atoms with Gasteiger partial charge in [0, 0.05) is 13.2 Å². The van der Waals surface area contributed by atoms with Gasteiger partial charge in [-0.25, -0.2) is 0 Å². The highest BCUT2D eigenvalue weighted by atomic mass is 16.5. The molecule has 0 amide bonds. The average Bonchev–Trinajstić information content (AvgIpc) is 3.01. The Morgan fingerprint density at radius 3 is 2.73 bits per heavy atom. The van der Waals surface area contributed by atoms with E-state index >= 15 is 0 Å². The van der Waals surface area contributed by atoms with Crippen molar-refractivity contribution in [3.63, 3.8) is 0 Å². The van der Waals surface area contributed by atoms with Gasteiger partial charge in [-0.05, 0) is 31.2 Å². The van der Waals surface area contributed by atoms with Crippen molar-refractivity contribution in [2.24, 2.45) is 11.8 Å². The Morgan fingerprint density at radius 2 is 2.13 bits per heavy atom. The number of aliphatic hydroxyl groups is 1. The molecule has 1 aliphatic carbocycles. The Hall–Kier alpha value is -0.120. The standard InChI is InChI=1S/C12H25NO2/c1-3-10(2)6-13-7-12(14)9-15-8-11-4-5-11/h10-14H,3-9H2,1-2H3. The van der Waals surface area contributed by atoms with Crippen molar-refractivity contribution in [1.29, 1.82) is 0 Å². The molecule has 1 aliphatic rings. The molecule has 0 aromatic rings. The predicted molar refractivity (Wildman–Crippen MR) is 61.9 cm³/mol. The Morgan fingerprint density at radius 1 is 1.40 bits per heavy atom. The molecule has 2 unspecified atom stereocenters. The van der Waals surface area contributed by atoms with Crippen LogP contribution in [0.25, 0.3) is 0 Å². The highest BCUT2D eigenvalue weighted by Crippen LogP contribution is 2.28. The SMILES string of the molecule is CCC(C)CNCC(O)COCC1CC1. The fraction of sp³-hybridized carbons (Fsp3) is 1.00. The van der Waals surface area contributed by atoms with Crippen LogP contribution in [-0.2, 0) is 4.74 Å². The zero-order valence-electron chi connectivity index (χ0n) is 10.0. The molecular formula is C12H25NO2. The Labute approximate surface area is 93.2 Å². The molecule has 1 fully saturated rings. The van der Waals surface area contributed by atoms with E-state index in [1.807, 2.05) is 0 Å². The first kappa shape index (κ1) is 12.9. The minimum atomic E-state index is -0.354. The lowest BCUT2D eigenvalue weighted by Crippen LogP contribution is -2.33. The van der Waals surface area contributed by atoms with Gasteiger partial charge in [0.15, 0.2) is 0 Å². The van der Waals surface area contributed by atoms with Crippen LogP contribution in [0.4, 0.5) is 0 Å². The van der Waals surface area contributed by atoms with Gasteiger partial charge >= 0.3 is 0 Å². The first-order valence-electron chi connectivity index (χ1n) is 6.18. The van der Waals surface area contributed by atoms with E-state index in [-0.39, 0.29) is 6.10 Å².